The van der Waals surface area contributed by atoms with Gasteiger partial charge in [-0.25, -0.2) is 14.6 Å². The van der Waals surface area contributed by atoms with Crippen LogP contribution in [-0.2, 0) is 6.54 Å². The maximum Gasteiger partial charge on any atom is 0.355 e. The van der Waals surface area contributed by atoms with Crippen LogP contribution in [0.1, 0.15) is 15.5 Å². The highest BCUT2D eigenvalue weighted by Crippen LogP contribution is 2.14. The van der Waals surface area contributed by atoms with E-state index < -0.39 is 12.0 Å². The van der Waals surface area contributed by atoms with Crippen LogP contribution < -0.4 is 10.6 Å². The van der Waals surface area contributed by atoms with Gasteiger partial charge in [-0.2, -0.15) is 0 Å². The molecule has 1 heterocycles. The van der Waals surface area contributed by atoms with E-state index in [2.05, 4.69) is 15.6 Å². The summed E-state index contributed by atoms with van der Waals surface area (Å²) in [6.45, 7) is 0.157. The zero-order valence-electron chi connectivity index (χ0n) is 10.1. The van der Waals surface area contributed by atoms with Crippen LogP contribution in [0.25, 0.3) is 0 Å². The van der Waals surface area contributed by atoms with Crippen molar-refractivity contribution in [2.45, 2.75) is 6.54 Å². The summed E-state index contributed by atoms with van der Waals surface area (Å²) in [5.74, 6) is -1.09. The van der Waals surface area contributed by atoms with Crippen molar-refractivity contribution in [3.05, 3.63) is 45.4 Å². The van der Waals surface area contributed by atoms with E-state index in [0.717, 1.165) is 0 Å². The average Bonchev–Trinajstić information content (AvgIpc) is 2.85. The van der Waals surface area contributed by atoms with E-state index in [0.29, 0.717) is 15.7 Å². The van der Waals surface area contributed by atoms with Crippen molar-refractivity contribution < 1.29 is 14.7 Å². The van der Waals surface area contributed by atoms with Crippen molar-refractivity contribution in [2.24, 2.45) is 0 Å². The number of urea groups is 1. The Morgan fingerprint density at radius 1 is 1.40 bits per heavy atom. The van der Waals surface area contributed by atoms with E-state index in [9.17, 15) is 9.59 Å². The lowest BCUT2D eigenvalue weighted by molar-refractivity contribution is 0.0691. The van der Waals surface area contributed by atoms with E-state index in [1.54, 1.807) is 24.3 Å². The molecule has 0 unspecified atom stereocenters. The van der Waals surface area contributed by atoms with Crippen LogP contribution in [0.2, 0.25) is 5.02 Å². The van der Waals surface area contributed by atoms with Gasteiger partial charge in [-0.15, -0.1) is 11.3 Å². The Bertz CT molecular complexity index is 644. The number of benzene rings is 1. The number of carbonyl (C=O) groups excluding carboxylic acids is 1. The van der Waals surface area contributed by atoms with Crippen LogP contribution in [0.4, 0.5) is 10.5 Å². The van der Waals surface area contributed by atoms with Gasteiger partial charge in [-0.05, 0) is 18.2 Å². The molecule has 0 aliphatic carbocycles. The molecule has 6 nitrogen and oxygen atoms in total. The zero-order chi connectivity index (χ0) is 14.5. The Balaban J connectivity index is 1.87. The lowest BCUT2D eigenvalue weighted by atomic mass is 10.3. The Morgan fingerprint density at radius 2 is 2.20 bits per heavy atom. The standard InChI is InChI=1S/C12H10ClN3O3S/c13-7-2-1-3-8(4-7)15-12(19)14-5-10-16-9(6-20-10)11(17)18/h1-4,6H,5H2,(H,17,18)(H2,14,15,19). The fourth-order valence-corrected chi connectivity index (χ4v) is 2.29. The molecule has 0 saturated carbocycles. The molecule has 0 saturated heterocycles. The third-order valence-electron chi connectivity index (χ3n) is 2.25. The maximum absolute atomic E-state index is 11.6. The number of hydrogen-bond donors (Lipinski definition) is 3. The average molecular weight is 312 g/mol. The Morgan fingerprint density at radius 3 is 2.85 bits per heavy atom. The summed E-state index contributed by atoms with van der Waals surface area (Å²) in [4.78, 5) is 26.1. The summed E-state index contributed by atoms with van der Waals surface area (Å²) in [5.41, 5.74) is 0.544. The second kappa shape index (κ2) is 6.36. The number of aromatic carboxylic acids is 1. The number of carbonyl (C=O) groups is 2. The van der Waals surface area contributed by atoms with Gasteiger partial charge in [0.2, 0.25) is 0 Å². The smallest absolute Gasteiger partial charge is 0.355 e. The third kappa shape index (κ3) is 3.94. The van der Waals surface area contributed by atoms with Gasteiger partial charge in [0.05, 0.1) is 6.54 Å². The summed E-state index contributed by atoms with van der Waals surface area (Å²) in [6, 6.07) is 6.33. The number of thiazole rings is 1. The van der Waals surface area contributed by atoms with Gasteiger partial charge in [0, 0.05) is 16.1 Å². The van der Waals surface area contributed by atoms with Crippen LogP contribution in [0.15, 0.2) is 29.6 Å². The molecule has 104 valence electrons. The van der Waals surface area contributed by atoms with Gasteiger partial charge in [0.1, 0.15) is 5.01 Å². The lowest BCUT2D eigenvalue weighted by Crippen LogP contribution is -2.28. The molecule has 0 aliphatic heterocycles. The fourth-order valence-electron chi connectivity index (χ4n) is 1.39. The second-order valence-electron chi connectivity index (χ2n) is 3.75. The molecule has 2 amide bonds. The SMILES string of the molecule is O=C(NCc1nc(C(=O)O)cs1)Nc1cccc(Cl)c1. The van der Waals surface area contributed by atoms with Gasteiger partial charge >= 0.3 is 12.0 Å². The van der Waals surface area contributed by atoms with Crippen LogP contribution in [-0.4, -0.2) is 22.1 Å². The molecule has 0 bridgehead atoms. The topological polar surface area (TPSA) is 91.3 Å². The molecule has 0 atom stereocenters. The number of carboxylic acids is 1. The van der Waals surface area contributed by atoms with Gasteiger partial charge in [-0.3, -0.25) is 0 Å². The van der Waals surface area contributed by atoms with E-state index in [1.807, 2.05) is 0 Å². The van der Waals surface area contributed by atoms with Gasteiger partial charge in [0.25, 0.3) is 0 Å². The first-order valence-corrected chi connectivity index (χ1v) is 6.78. The Kier molecular flexibility index (Phi) is 4.54. The molecule has 1 aromatic heterocycles. The number of aromatic nitrogens is 1. The first kappa shape index (κ1) is 14.3. The van der Waals surface area contributed by atoms with Crippen molar-refractivity contribution >= 4 is 40.6 Å². The molecule has 20 heavy (non-hydrogen) atoms. The molecular weight excluding hydrogens is 302 g/mol. The molecule has 2 aromatic rings. The predicted molar refractivity (Wildman–Crippen MR) is 76.4 cm³/mol. The van der Waals surface area contributed by atoms with E-state index >= 15 is 0 Å². The molecule has 8 heteroatoms. The second-order valence-corrected chi connectivity index (χ2v) is 5.13. The molecule has 0 aliphatic rings. The molecule has 0 radical (unpaired) electrons. The number of carboxylic acid groups (broad SMARTS) is 1. The summed E-state index contributed by atoms with van der Waals surface area (Å²) in [6.07, 6.45) is 0. The van der Waals surface area contributed by atoms with E-state index in [-0.39, 0.29) is 12.2 Å². The number of hydrogen-bond acceptors (Lipinski definition) is 4. The van der Waals surface area contributed by atoms with Crippen molar-refractivity contribution in [3.63, 3.8) is 0 Å². The molecule has 2 rings (SSSR count). The summed E-state index contributed by atoms with van der Waals surface area (Å²) in [5, 5.41) is 16.4. The highest BCUT2D eigenvalue weighted by atomic mass is 35.5. The van der Waals surface area contributed by atoms with Crippen LogP contribution in [0, 0.1) is 0 Å². The van der Waals surface area contributed by atoms with Crippen LogP contribution >= 0.6 is 22.9 Å². The highest BCUT2D eigenvalue weighted by molar-refractivity contribution is 7.09. The number of anilines is 1. The monoisotopic (exact) mass is 311 g/mol. The van der Waals surface area contributed by atoms with Crippen molar-refractivity contribution in [1.29, 1.82) is 0 Å². The van der Waals surface area contributed by atoms with Crippen molar-refractivity contribution in [3.8, 4) is 0 Å². The first-order valence-electron chi connectivity index (χ1n) is 5.53. The quantitative estimate of drug-likeness (QED) is 0.809. The van der Waals surface area contributed by atoms with E-state index in [4.69, 9.17) is 16.7 Å². The largest absolute Gasteiger partial charge is 0.476 e. The Labute approximate surface area is 123 Å². The Hall–Kier alpha value is -2.12. The highest BCUT2D eigenvalue weighted by Gasteiger charge is 2.09. The van der Waals surface area contributed by atoms with Gasteiger partial charge in [-0.1, -0.05) is 17.7 Å². The van der Waals surface area contributed by atoms with Crippen LogP contribution in [0.3, 0.4) is 0 Å². The molecule has 0 fully saturated rings. The summed E-state index contributed by atoms with van der Waals surface area (Å²) >= 11 is 6.97. The normalized spacial score (nSPS) is 10.1. The minimum atomic E-state index is -1.09. The molecule has 3 N–H and O–H groups in total. The number of nitrogens with zero attached hydrogens (tertiary/aromatic N) is 1. The van der Waals surface area contributed by atoms with E-state index in [1.165, 1.54) is 16.7 Å². The molecule has 1 aromatic carbocycles. The van der Waals surface area contributed by atoms with Gasteiger partial charge in [0.15, 0.2) is 5.69 Å². The lowest BCUT2D eigenvalue weighted by Gasteiger charge is -2.06. The summed E-state index contributed by atoms with van der Waals surface area (Å²) in [7, 11) is 0. The van der Waals surface area contributed by atoms with Crippen molar-refractivity contribution in [1.82, 2.24) is 10.3 Å². The maximum atomic E-state index is 11.6. The van der Waals surface area contributed by atoms with Crippen molar-refractivity contribution in [2.75, 3.05) is 5.32 Å². The summed E-state index contributed by atoms with van der Waals surface area (Å²) < 4.78 is 0. The number of rotatable bonds is 4. The predicted octanol–water partition coefficient (Wildman–Crippen LogP) is 2.82. The number of halogens is 1. The van der Waals surface area contributed by atoms with Gasteiger partial charge < -0.3 is 15.7 Å². The third-order valence-corrected chi connectivity index (χ3v) is 3.34. The molecule has 0 spiro atoms. The number of nitrogens with one attached hydrogen (secondary N) is 2. The zero-order valence-corrected chi connectivity index (χ0v) is 11.7. The number of amides is 2. The minimum absolute atomic E-state index is 0.0259. The molecular formula is C12H10ClN3O3S. The fraction of sp³-hybridized carbons (Fsp3) is 0.0833. The minimum Gasteiger partial charge on any atom is -0.476 e. The van der Waals surface area contributed by atoms with Crippen LogP contribution in [0.5, 0.6) is 0 Å². The first-order chi connectivity index (χ1) is 9.54.